The van der Waals surface area contributed by atoms with Crippen molar-refractivity contribution in [2.45, 2.75) is 6.54 Å². The molecule has 0 aliphatic carbocycles. The fourth-order valence-corrected chi connectivity index (χ4v) is 2.08. The highest BCUT2D eigenvalue weighted by molar-refractivity contribution is 5.65. The number of hydrogen-bond acceptors (Lipinski definition) is 4. The third kappa shape index (κ3) is 2.84. The number of amides is 1. The fourth-order valence-electron chi connectivity index (χ4n) is 2.08. The number of benzene rings is 1. The molecule has 0 bridgehead atoms. The van der Waals surface area contributed by atoms with Gasteiger partial charge in [-0.25, -0.2) is 4.79 Å². The summed E-state index contributed by atoms with van der Waals surface area (Å²) in [6, 6.07) is 5.63. The summed E-state index contributed by atoms with van der Waals surface area (Å²) in [6.07, 6.45) is -0.841. The zero-order valence-electron chi connectivity index (χ0n) is 10.2. The Morgan fingerprint density at radius 2 is 1.83 bits per heavy atom. The normalized spacial score (nSPS) is 16.8. The molecule has 2 rings (SSSR count). The predicted octanol–water partition coefficient (Wildman–Crippen LogP) is 0.647. The van der Waals surface area contributed by atoms with Crippen LogP contribution in [0.4, 0.5) is 16.2 Å². The summed E-state index contributed by atoms with van der Waals surface area (Å²) in [5.74, 6) is 0. The molecular weight excluding hydrogens is 232 g/mol. The van der Waals surface area contributed by atoms with Crippen LogP contribution in [0.2, 0.25) is 0 Å². The lowest BCUT2D eigenvalue weighted by Gasteiger charge is -2.33. The van der Waals surface area contributed by atoms with Gasteiger partial charge >= 0.3 is 6.09 Å². The topological polar surface area (TPSA) is 95.8 Å². The predicted molar refractivity (Wildman–Crippen MR) is 70.1 cm³/mol. The molecule has 0 unspecified atom stereocenters. The Morgan fingerprint density at radius 1 is 1.17 bits per heavy atom. The molecular formula is C12H18N4O2. The molecule has 6 nitrogen and oxygen atoms in total. The van der Waals surface area contributed by atoms with Gasteiger partial charge in [0.25, 0.3) is 0 Å². The van der Waals surface area contributed by atoms with Crippen LogP contribution in [0.1, 0.15) is 5.56 Å². The molecule has 0 saturated carbocycles. The molecule has 1 aliphatic heterocycles. The van der Waals surface area contributed by atoms with Crippen LogP contribution < -0.4 is 11.5 Å². The summed E-state index contributed by atoms with van der Waals surface area (Å²) < 4.78 is 0. The van der Waals surface area contributed by atoms with Crippen LogP contribution in [-0.4, -0.2) is 47.2 Å². The van der Waals surface area contributed by atoms with Crippen LogP contribution in [0.3, 0.4) is 0 Å². The van der Waals surface area contributed by atoms with Crippen molar-refractivity contribution in [1.29, 1.82) is 0 Å². The van der Waals surface area contributed by atoms with E-state index in [-0.39, 0.29) is 0 Å². The Labute approximate surface area is 106 Å². The van der Waals surface area contributed by atoms with E-state index in [0.717, 1.165) is 25.2 Å². The molecule has 0 spiro atoms. The molecule has 18 heavy (non-hydrogen) atoms. The van der Waals surface area contributed by atoms with Gasteiger partial charge in [-0.15, -0.1) is 0 Å². The summed E-state index contributed by atoms with van der Waals surface area (Å²) in [7, 11) is 0. The van der Waals surface area contributed by atoms with Crippen molar-refractivity contribution in [2.24, 2.45) is 0 Å². The van der Waals surface area contributed by atoms with Crippen molar-refractivity contribution in [3.05, 3.63) is 23.8 Å². The lowest BCUT2D eigenvalue weighted by atomic mass is 10.1. The Kier molecular flexibility index (Phi) is 3.57. The number of rotatable bonds is 2. The zero-order chi connectivity index (χ0) is 13.1. The average Bonchev–Trinajstić information content (AvgIpc) is 2.34. The number of anilines is 2. The summed E-state index contributed by atoms with van der Waals surface area (Å²) in [4.78, 5) is 14.4. The van der Waals surface area contributed by atoms with Crippen molar-refractivity contribution in [2.75, 3.05) is 37.6 Å². The van der Waals surface area contributed by atoms with Crippen molar-refractivity contribution < 1.29 is 9.90 Å². The molecule has 1 aromatic carbocycles. The van der Waals surface area contributed by atoms with Gasteiger partial charge in [0.2, 0.25) is 0 Å². The number of hydrogen-bond donors (Lipinski definition) is 3. The zero-order valence-corrected chi connectivity index (χ0v) is 10.2. The molecule has 1 aliphatic rings. The maximum absolute atomic E-state index is 10.8. The lowest BCUT2D eigenvalue weighted by Crippen LogP contribution is -2.47. The van der Waals surface area contributed by atoms with Crippen molar-refractivity contribution >= 4 is 17.5 Å². The second-order valence-corrected chi connectivity index (χ2v) is 4.51. The van der Waals surface area contributed by atoms with Crippen molar-refractivity contribution in [1.82, 2.24) is 9.80 Å². The first-order valence-corrected chi connectivity index (χ1v) is 5.90. The average molecular weight is 250 g/mol. The van der Waals surface area contributed by atoms with E-state index in [9.17, 15) is 4.79 Å². The van der Waals surface area contributed by atoms with Gasteiger partial charge in [0, 0.05) is 32.7 Å². The molecule has 6 heteroatoms. The van der Waals surface area contributed by atoms with E-state index in [0.29, 0.717) is 24.5 Å². The van der Waals surface area contributed by atoms with Gasteiger partial charge in [0.1, 0.15) is 0 Å². The SMILES string of the molecule is Nc1ccc(CN2CCN(C(=O)O)CC2)cc1N. The van der Waals surface area contributed by atoms with E-state index in [1.165, 1.54) is 4.90 Å². The van der Waals surface area contributed by atoms with Crippen LogP contribution in [0.5, 0.6) is 0 Å². The first-order valence-electron chi connectivity index (χ1n) is 5.90. The third-order valence-corrected chi connectivity index (χ3v) is 3.20. The Morgan fingerprint density at radius 3 is 2.39 bits per heavy atom. The smallest absolute Gasteiger partial charge is 0.407 e. The van der Waals surface area contributed by atoms with Crippen LogP contribution in [0, 0.1) is 0 Å². The molecule has 1 amide bonds. The van der Waals surface area contributed by atoms with E-state index in [4.69, 9.17) is 16.6 Å². The second kappa shape index (κ2) is 5.14. The minimum absolute atomic E-state index is 0.555. The minimum atomic E-state index is -0.841. The molecule has 98 valence electrons. The van der Waals surface area contributed by atoms with Crippen LogP contribution in [-0.2, 0) is 6.54 Å². The molecule has 5 N–H and O–H groups in total. The maximum Gasteiger partial charge on any atom is 0.407 e. The molecule has 1 heterocycles. The number of carboxylic acid groups (broad SMARTS) is 1. The van der Waals surface area contributed by atoms with Crippen LogP contribution in [0.25, 0.3) is 0 Å². The van der Waals surface area contributed by atoms with Gasteiger partial charge in [-0.2, -0.15) is 0 Å². The van der Waals surface area contributed by atoms with Gasteiger partial charge in [-0.05, 0) is 17.7 Å². The van der Waals surface area contributed by atoms with E-state index >= 15 is 0 Å². The number of nitrogens with two attached hydrogens (primary N) is 2. The summed E-state index contributed by atoms with van der Waals surface area (Å²) >= 11 is 0. The highest BCUT2D eigenvalue weighted by atomic mass is 16.4. The largest absolute Gasteiger partial charge is 0.465 e. The molecule has 1 aromatic rings. The quantitative estimate of drug-likeness (QED) is 0.670. The molecule has 0 radical (unpaired) electrons. The number of carbonyl (C=O) groups is 1. The van der Waals surface area contributed by atoms with Crippen molar-refractivity contribution in [3.8, 4) is 0 Å². The van der Waals surface area contributed by atoms with Crippen molar-refractivity contribution in [3.63, 3.8) is 0 Å². The molecule has 1 fully saturated rings. The molecule has 1 saturated heterocycles. The summed E-state index contributed by atoms with van der Waals surface area (Å²) in [6.45, 7) is 3.38. The van der Waals surface area contributed by atoms with Gasteiger partial charge in [0.05, 0.1) is 11.4 Å². The Hall–Kier alpha value is -1.95. The third-order valence-electron chi connectivity index (χ3n) is 3.20. The van der Waals surface area contributed by atoms with Gasteiger partial charge in [-0.1, -0.05) is 6.07 Å². The second-order valence-electron chi connectivity index (χ2n) is 4.51. The fraction of sp³-hybridized carbons (Fsp3) is 0.417. The van der Waals surface area contributed by atoms with E-state index in [2.05, 4.69) is 4.90 Å². The van der Waals surface area contributed by atoms with E-state index in [1.54, 1.807) is 6.07 Å². The van der Waals surface area contributed by atoms with Crippen LogP contribution >= 0.6 is 0 Å². The van der Waals surface area contributed by atoms with Gasteiger partial charge < -0.3 is 21.5 Å². The number of nitrogens with zero attached hydrogens (tertiary/aromatic N) is 2. The van der Waals surface area contributed by atoms with Gasteiger partial charge in [-0.3, -0.25) is 4.90 Å². The molecule has 0 aromatic heterocycles. The lowest BCUT2D eigenvalue weighted by molar-refractivity contribution is 0.103. The van der Waals surface area contributed by atoms with Crippen LogP contribution in [0.15, 0.2) is 18.2 Å². The first kappa shape index (κ1) is 12.5. The van der Waals surface area contributed by atoms with Gasteiger partial charge in [0.15, 0.2) is 0 Å². The summed E-state index contributed by atoms with van der Waals surface area (Å²) in [5.41, 5.74) is 13.7. The molecule has 0 atom stereocenters. The van der Waals surface area contributed by atoms with E-state index in [1.807, 2.05) is 12.1 Å². The number of piperazine rings is 1. The maximum atomic E-state index is 10.8. The highest BCUT2D eigenvalue weighted by Crippen LogP contribution is 2.17. The first-order chi connectivity index (χ1) is 8.56. The minimum Gasteiger partial charge on any atom is -0.465 e. The Balaban J connectivity index is 1.91. The monoisotopic (exact) mass is 250 g/mol. The Bertz CT molecular complexity index is 442. The highest BCUT2D eigenvalue weighted by Gasteiger charge is 2.20. The number of nitrogen functional groups attached to an aromatic ring is 2. The standard InChI is InChI=1S/C12H18N4O2/c13-10-2-1-9(7-11(10)14)8-15-3-5-16(6-4-15)12(17)18/h1-2,7H,3-6,8,13-14H2,(H,17,18). The summed E-state index contributed by atoms with van der Waals surface area (Å²) in [5, 5.41) is 8.86. The van der Waals surface area contributed by atoms with E-state index < -0.39 is 6.09 Å².